The molecule has 0 aliphatic carbocycles. The van der Waals surface area contributed by atoms with E-state index >= 15 is 0 Å². The van der Waals surface area contributed by atoms with Crippen LogP contribution in [0, 0.1) is 0 Å². The molecule has 0 bridgehead atoms. The second-order valence-electron chi connectivity index (χ2n) is 9.15. The fourth-order valence-electron chi connectivity index (χ4n) is 4.87. The lowest BCUT2D eigenvalue weighted by Crippen LogP contribution is -2.41. The monoisotopic (exact) mass is 541 g/mol. The number of piperidine rings is 1. The molecular weight excluding hydrogens is 509 g/mol. The second-order valence-corrected chi connectivity index (χ2v) is 11.9. The first-order valence-electron chi connectivity index (χ1n) is 12.0. The van der Waals surface area contributed by atoms with Gasteiger partial charge in [-0.15, -0.1) is 0 Å². The molecule has 2 heterocycles. The highest BCUT2D eigenvalue weighted by Crippen LogP contribution is 2.39. The van der Waals surface area contributed by atoms with Gasteiger partial charge in [-0.3, -0.25) is 0 Å². The molecule has 7 nitrogen and oxygen atoms in total. The van der Waals surface area contributed by atoms with Gasteiger partial charge in [0.05, 0.1) is 30.8 Å². The Balaban J connectivity index is 1.47. The Morgan fingerprint density at radius 3 is 2.60 bits per heavy atom. The van der Waals surface area contributed by atoms with E-state index in [-0.39, 0.29) is 12.0 Å². The van der Waals surface area contributed by atoms with Crippen LogP contribution in [0.4, 0.5) is 0 Å². The van der Waals surface area contributed by atoms with E-state index in [9.17, 15) is 8.42 Å². The van der Waals surface area contributed by atoms with Gasteiger partial charge < -0.3 is 20.1 Å². The molecule has 2 aromatic rings. The molecular formula is C25H33Cl2N3O4S. The van der Waals surface area contributed by atoms with Gasteiger partial charge in [0.15, 0.2) is 0 Å². The van der Waals surface area contributed by atoms with Crippen molar-refractivity contribution in [2.45, 2.75) is 36.3 Å². The number of nitrogens with two attached hydrogens (primary N) is 1. The molecule has 1 atom stereocenters. The lowest BCUT2D eigenvalue weighted by Gasteiger charge is -2.34. The van der Waals surface area contributed by atoms with Crippen LogP contribution < -0.4 is 5.73 Å². The highest BCUT2D eigenvalue weighted by molar-refractivity contribution is 7.89. The standard InChI is InChI=1S/C25H33Cl2N3O4S/c1-29-16-23(22-14-19(26)15-25(27)24(22)17-29)18-3-2-4-21(13-18)35(31,32)30-8-5-20(6-9-30)34-12-11-33-10-7-28/h2-4,13-15,20,23H,5-12,16-17,28H2,1H3. The van der Waals surface area contributed by atoms with Crippen LogP contribution in [0.1, 0.15) is 35.4 Å². The number of likely N-dealkylation sites (N-methyl/N-ethyl adjacent to an activating group) is 1. The maximum absolute atomic E-state index is 13.5. The number of benzene rings is 2. The molecule has 4 rings (SSSR count). The van der Waals surface area contributed by atoms with Gasteiger partial charge >= 0.3 is 0 Å². The summed E-state index contributed by atoms with van der Waals surface area (Å²) in [5.74, 6) is -0.0178. The summed E-state index contributed by atoms with van der Waals surface area (Å²) < 4.78 is 39.7. The average molecular weight is 543 g/mol. The van der Waals surface area contributed by atoms with Gasteiger partial charge in [-0.1, -0.05) is 35.3 Å². The van der Waals surface area contributed by atoms with Crippen LogP contribution in [0.15, 0.2) is 41.3 Å². The van der Waals surface area contributed by atoms with E-state index in [4.69, 9.17) is 38.4 Å². The summed E-state index contributed by atoms with van der Waals surface area (Å²) in [4.78, 5) is 2.51. The third-order valence-electron chi connectivity index (χ3n) is 6.64. The topological polar surface area (TPSA) is 85.1 Å². The number of halogens is 2. The molecule has 1 unspecified atom stereocenters. The number of fused-ring (bicyclic) bond motifs is 1. The number of nitrogens with zero attached hydrogens (tertiary/aromatic N) is 2. The molecule has 1 fully saturated rings. The van der Waals surface area contributed by atoms with E-state index in [1.54, 1.807) is 22.5 Å². The van der Waals surface area contributed by atoms with Gasteiger partial charge in [0, 0.05) is 48.7 Å². The molecule has 2 aromatic carbocycles. The Kier molecular flexibility index (Phi) is 9.10. The van der Waals surface area contributed by atoms with E-state index in [0.29, 0.717) is 67.2 Å². The first-order valence-corrected chi connectivity index (χ1v) is 14.1. The fourth-order valence-corrected chi connectivity index (χ4v) is 6.96. The van der Waals surface area contributed by atoms with Crippen LogP contribution in [-0.4, -0.2) is 76.8 Å². The Morgan fingerprint density at radius 1 is 1.09 bits per heavy atom. The van der Waals surface area contributed by atoms with Crippen molar-refractivity contribution in [1.29, 1.82) is 0 Å². The molecule has 0 saturated carbocycles. The van der Waals surface area contributed by atoms with Gasteiger partial charge in [-0.25, -0.2) is 8.42 Å². The normalized spacial score (nSPS) is 20.2. The minimum absolute atomic E-state index is 0.0178. The first-order chi connectivity index (χ1) is 16.8. The van der Waals surface area contributed by atoms with Crippen molar-refractivity contribution in [2.24, 2.45) is 5.73 Å². The molecule has 35 heavy (non-hydrogen) atoms. The Bertz CT molecular complexity index is 1120. The van der Waals surface area contributed by atoms with Crippen molar-refractivity contribution < 1.29 is 17.9 Å². The van der Waals surface area contributed by atoms with E-state index < -0.39 is 10.0 Å². The van der Waals surface area contributed by atoms with E-state index in [1.807, 2.05) is 25.2 Å². The quantitative estimate of drug-likeness (QED) is 0.487. The third kappa shape index (κ3) is 6.37. The van der Waals surface area contributed by atoms with Crippen molar-refractivity contribution in [1.82, 2.24) is 9.21 Å². The third-order valence-corrected chi connectivity index (χ3v) is 9.09. The molecule has 10 heteroatoms. The predicted octanol–water partition coefficient (Wildman–Crippen LogP) is 3.72. The number of sulfonamides is 1. The van der Waals surface area contributed by atoms with E-state index in [2.05, 4.69) is 4.90 Å². The van der Waals surface area contributed by atoms with Crippen molar-refractivity contribution in [3.63, 3.8) is 0 Å². The molecule has 2 aliphatic heterocycles. The van der Waals surface area contributed by atoms with Crippen LogP contribution in [0.3, 0.4) is 0 Å². The maximum Gasteiger partial charge on any atom is 0.243 e. The Morgan fingerprint density at radius 2 is 1.86 bits per heavy atom. The van der Waals surface area contributed by atoms with Crippen molar-refractivity contribution in [2.75, 3.05) is 53.0 Å². The van der Waals surface area contributed by atoms with Gasteiger partial charge in [0.25, 0.3) is 0 Å². The molecule has 2 aliphatic rings. The summed E-state index contributed by atoms with van der Waals surface area (Å²) in [6.07, 6.45) is 1.36. The molecule has 0 radical (unpaired) electrons. The lowest BCUT2D eigenvalue weighted by atomic mass is 9.85. The largest absolute Gasteiger partial charge is 0.378 e. The highest BCUT2D eigenvalue weighted by Gasteiger charge is 2.32. The van der Waals surface area contributed by atoms with Gasteiger partial charge in [-0.2, -0.15) is 4.31 Å². The average Bonchev–Trinajstić information content (AvgIpc) is 2.84. The predicted molar refractivity (Wildman–Crippen MR) is 139 cm³/mol. The number of rotatable bonds is 9. The second kappa shape index (κ2) is 11.9. The molecule has 0 aromatic heterocycles. The van der Waals surface area contributed by atoms with Gasteiger partial charge in [0.2, 0.25) is 10.0 Å². The molecule has 0 amide bonds. The first kappa shape index (κ1) is 26.8. The number of hydrogen-bond donors (Lipinski definition) is 1. The van der Waals surface area contributed by atoms with Crippen LogP contribution in [0.2, 0.25) is 10.0 Å². The van der Waals surface area contributed by atoms with Crippen molar-refractivity contribution in [3.05, 3.63) is 63.1 Å². The smallest absolute Gasteiger partial charge is 0.243 e. The zero-order valence-corrected chi connectivity index (χ0v) is 22.3. The Hall–Kier alpha value is -1.23. The van der Waals surface area contributed by atoms with Crippen LogP contribution in [0.5, 0.6) is 0 Å². The lowest BCUT2D eigenvalue weighted by molar-refractivity contribution is -0.0129. The van der Waals surface area contributed by atoms with Crippen LogP contribution in [0.25, 0.3) is 0 Å². The van der Waals surface area contributed by atoms with Crippen molar-refractivity contribution >= 4 is 33.2 Å². The van der Waals surface area contributed by atoms with E-state index in [1.165, 1.54) is 0 Å². The fraction of sp³-hybridized carbons (Fsp3) is 0.520. The van der Waals surface area contributed by atoms with Crippen molar-refractivity contribution in [3.8, 4) is 0 Å². The minimum atomic E-state index is -3.61. The summed E-state index contributed by atoms with van der Waals surface area (Å²) >= 11 is 12.8. The van der Waals surface area contributed by atoms with Gasteiger partial charge in [0.1, 0.15) is 0 Å². The zero-order chi connectivity index (χ0) is 25.0. The van der Waals surface area contributed by atoms with Crippen LogP contribution >= 0.6 is 23.2 Å². The summed E-state index contributed by atoms with van der Waals surface area (Å²) in [7, 11) is -1.57. The Labute approximate surface area is 218 Å². The molecule has 1 saturated heterocycles. The molecule has 2 N–H and O–H groups in total. The number of hydrogen-bond acceptors (Lipinski definition) is 6. The minimum Gasteiger partial charge on any atom is -0.378 e. The molecule has 0 spiro atoms. The maximum atomic E-state index is 13.5. The molecule has 192 valence electrons. The highest BCUT2D eigenvalue weighted by atomic mass is 35.5. The van der Waals surface area contributed by atoms with Gasteiger partial charge in [-0.05, 0) is 60.8 Å². The SMILES string of the molecule is CN1Cc2c(Cl)cc(Cl)cc2C(c2cccc(S(=O)(=O)N3CCC(OCCOCCN)CC3)c2)C1. The summed E-state index contributed by atoms with van der Waals surface area (Å²) in [5.41, 5.74) is 8.44. The number of ether oxygens (including phenoxy) is 2. The summed E-state index contributed by atoms with van der Waals surface area (Å²) in [6, 6.07) is 11.0. The van der Waals surface area contributed by atoms with Crippen LogP contribution in [-0.2, 0) is 26.0 Å². The summed E-state index contributed by atoms with van der Waals surface area (Å²) in [6.45, 7) is 4.34. The zero-order valence-electron chi connectivity index (χ0n) is 20.0. The van der Waals surface area contributed by atoms with E-state index in [0.717, 1.165) is 29.8 Å². The summed E-state index contributed by atoms with van der Waals surface area (Å²) in [5, 5.41) is 1.23.